The average Bonchev–Trinajstić information content (AvgIpc) is 2.75. The number of aromatic nitrogens is 2. The highest BCUT2D eigenvalue weighted by molar-refractivity contribution is 5.79. The maximum atomic E-state index is 12.8. The van der Waals surface area contributed by atoms with E-state index < -0.39 is 0 Å². The standard InChI is InChI=1S/C20H31N5O2/c26-20(16-3-10-24(11-4-16)18-5-12-27-13-6-18)23-17-2-1-9-25(15-17)19-14-21-7-8-22-19/h7-8,14,16-18H,1-6,9-13,15H2,(H,23,26)/t17-/m0/s1. The molecule has 3 saturated heterocycles. The molecule has 7 heteroatoms. The van der Waals surface area contributed by atoms with Crippen LogP contribution in [0.5, 0.6) is 0 Å². The maximum absolute atomic E-state index is 12.8. The zero-order chi connectivity index (χ0) is 18.5. The number of rotatable bonds is 4. The Morgan fingerprint density at radius 2 is 1.89 bits per heavy atom. The van der Waals surface area contributed by atoms with E-state index in [1.165, 1.54) is 0 Å². The highest BCUT2D eigenvalue weighted by atomic mass is 16.5. The van der Waals surface area contributed by atoms with Gasteiger partial charge in [0.15, 0.2) is 0 Å². The first-order valence-corrected chi connectivity index (χ1v) is 10.4. The zero-order valence-electron chi connectivity index (χ0n) is 16.1. The van der Waals surface area contributed by atoms with Crippen LogP contribution in [0.15, 0.2) is 18.6 Å². The van der Waals surface area contributed by atoms with Crippen molar-refractivity contribution in [1.82, 2.24) is 20.2 Å². The van der Waals surface area contributed by atoms with E-state index in [4.69, 9.17) is 4.74 Å². The molecule has 0 spiro atoms. The summed E-state index contributed by atoms with van der Waals surface area (Å²) in [5.41, 5.74) is 0. The number of ether oxygens (including phenoxy) is 1. The molecule has 0 saturated carbocycles. The maximum Gasteiger partial charge on any atom is 0.223 e. The number of hydrogen-bond acceptors (Lipinski definition) is 6. The number of nitrogens with one attached hydrogen (secondary N) is 1. The van der Waals surface area contributed by atoms with Gasteiger partial charge in [-0.2, -0.15) is 0 Å². The molecule has 148 valence electrons. The van der Waals surface area contributed by atoms with E-state index in [9.17, 15) is 4.79 Å². The van der Waals surface area contributed by atoms with Crippen LogP contribution < -0.4 is 10.2 Å². The predicted octanol–water partition coefficient (Wildman–Crippen LogP) is 1.45. The van der Waals surface area contributed by atoms with Crippen molar-refractivity contribution in [1.29, 1.82) is 0 Å². The summed E-state index contributed by atoms with van der Waals surface area (Å²) in [6.45, 7) is 5.66. The molecule has 3 fully saturated rings. The minimum absolute atomic E-state index is 0.160. The molecule has 4 heterocycles. The Labute approximate surface area is 161 Å². The van der Waals surface area contributed by atoms with Crippen LogP contribution in [-0.2, 0) is 9.53 Å². The molecule has 1 amide bonds. The molecule has 0 aliphatic carbocycles. The van der Waals surface area contributed by atoms with Gasteiger partial charge in [0.05, 0.1) is 6.20 Å². The van der Waals surface area contributed by atoms with Gasteiger partial charge in [-0.25, -0.2) is 4.98 Å². The first kappa shape index (κ1) is 18.6. The fourth-order valence-electron chi connectivity index (χ4n) is 4.65. The second kappa shape index (κ2) is 8.97. The fraction of sp³-hybridized carbons (Fsp3) is 0.750. The molecule has 0 unspecified atom stereocenters. The van der Waals surface area contributed by atoms with Crippen LogP contribution in [-0.4, -0.2) is 72.3 Å². The van der Waals surface area contributed by atoms with E-state index in [1.54, 1.807) is 18.6 Å². The van der Waals surface area contributed by atoms with Crippen molar-refractivity contribution in [2.45, 2.75) is 50.6 Å². The number of amides is 1. The van der Waals surface area contributed by atoms with Crippen LogP contribution in [0, 0.1) is 5.92 Å². The molecular formula is C20H31N5O2. The van der Waals surface area contributed by atoms with Gasteiger partial charge >= 0.3 is 0 Å². The summed E-state index contributed by atoms with van der Waals surface area (Å²) in [5.74, 6) is 1.31. The predicted molar refractivity (Wildman–Crippen MR) is 104 cm³/mol. The van der Waals surface area contributed by atoms with Gasteiger partial charge in [-0.05, 0) is 51.6 Å². The van der Waals surface area contributed by atoms with Crippen molar-refractivity contribution in [2.24, 2.45) is 5.92 Å². The van der Waals surface area contributed by atoms with Gasteiger partial charge in [-0.3, -0.25) is 9.78 Å². The van der Waals surface area contributed by atoms with E-state index in [0.717, 1.165) is 83.7 Å². The van der Waals surface area contributed by atoms with E-state index in [0.29, 0.717) is 6.04 Å². The Hall–Kier alpha value is -1.73. The SMILES string of the molecule is O=C(N[C@H]1CCCN(c2cnccn2)C1)C1CCN(C2CCOCC2)CC1. The minimum atomic E-state index is 0.160. The lowest BCUT2D eigenvalue weighted by Crippen LogP contribution is -2.51. The Bertz CT molecular complexity index is 600. The number of nitrogens with zero attached hydrogens (tertiary/aromatic N) is 4. The molecule has 27 heavy (non-hydrogen) atoms. The third kappa shape index (κ3) is 4.76. The van der Waals surface area contributed by atoms with Crippen molar-refractivity contribution in [2.75, 3.05) is 44.3 Å². The van der Waals surface area contributed by atoms with Gasteiger partial charge in [0.2, 0.25) is 5.91 Å². The van der Waals surface area contributed by atoms with Gasteiger partial charge in [0.25, 0.3) is 0 Å². The number of piperidine rings is 2. The van der Waals surface area contributed by atoms with Crippen molar-refractivity contribution < 1.29 is 9.53 Å². The second-order valence-electron chi connectivity index (χ2n) is 8.01. The van der Waals surface area contributed by atoms with Crippen LogP contribution in [0.2, 0.25) is 0 Å². The summed E-state index contributed by atoms with van der Waals surface area (Å²) in [6, 6.07) is 0.864. The highest BCUT2D eigenvalue weighted by Crippen LogP contribution is 2.24. The molecular weight excluding hydrogens is 342 g/mol. The molecule has 7 nitrogen and oxygen atoms in total. The minimum Gasteiger partial charge on any atom is -0.381 e. The number of carbonyl (C=O) groups excluding carboxylic acids is 1. The summed E-state index contributed by atoms with van der Waals surface area (Å²) in [5, 5.41) is 3.32. The lowest BCUT2D eigenvalue weighted by atomic mass is 9.93. The molecule has 1 atom stereocenters. The number of carbonyl (C=O) groups is 1. The van der Waals surface area contributed by atoms with Crippen LogP contribution in [0.1, 0.15) is 38.5 Å². The summed E-state index contributed by atoms with van der Waals surface area (Å²) in [4.78, 5) is 26.2. The van der Waals surface area contributed by atoms with Gasteiger partial charge in [0, 0.05) is 56.7 Å². The third-order valence-corrected chi connectivity index (χ3v) is 6.25. The van der Waals surface area contributed by atoms with E-state index in [1.807, 2.05) is 0 Å². The van der Waals surface area contributed by atoms with Crippen molar-refractivity contribution in [3.63, 3.8) is 0 Å². The number of likely N-dealkylation sites (tertiary alicyclic amines) is 1. The largest absolute Gasteiger partial charge is 0.381 e. The molecule has 1 aromatic heterocycles. The summed E-state index contributed by atoms with van der Waals surface area (Å²) >= 11 is 0. The van der Waals surface area contributed by atoms with Crippen LogP contribution in [0.25, 0.3) is 0 Å². The number of anilines is 1. The summed E-state index contributed by atoms with van der Waals surface area (Å²) in [7, 11) is 0. The lowest BCUT2D eigenvalue weighted by molar-refractivity contribution is -0.127. The van der Waals surface area contributed by atoms with Gasteiger partial charge < -0.3 is 19.9 Å². The first-order chi connectivity index (χ1) is 13.3. The monoisotopic (exact) mass is 373 g/mol. The van der Waals surface area contributed by atoms with Crippen LogP contribution >= 0.6 is 0 Å². The molecule has 1 N–H and O–H groups in total. The molecule has 1 aromatic rings. The molecule has 3 aliphatic heterocycles. The highest BCUT2D eigenvalue weighted by Gasteiger charge is 2.31. The fourth-order valence-corrected chi connectivity index (χ4v) is 4.65. The Kier molecular flexibility index (Phi) is 6.19. The molecule has 0 bridgehead atoms. The van der Waals surface area contributed by atoms with E-state index in [2.05, 4.69) is 25.1 Å². The molecule has 0 aromatic carbocycles. The van der Waals surface area contributed by atoms with Gasteiger partial charge in [-0.15, -0.1) is 0 Å². The zero-order valence-corrected chi connectivity index (χ0v) is 16.1. The quantitative estimate of drug-likeness (QED) is 0.862. The van der Waals surface area contributed by atoms with E-state index in [-0.39, 0.29) is 17.9 Å². The van der Waals surface area contributed by atoms with Crippen LogP contribution in [0.4, 0.5) is 5.82 Å². The Morgan fingerprint density at radius 3 is 2.63 bits per heavy atom. The normalized spacial score (nSPS) is 26.1. The second-order valence-corrected chi connectivity index (χ2v) is 8.01. The summed E-state index contributed by atoms with van der Waals surface area (Å²) < 4.78 is 5.47. The first-order valence-electron chi connectivity index (χ1n) is 10.4. The number of hydrogen-bond donors (Lipinski definition) is 1. The van der Waals surface area contributed by atoms with Gasteiger partial charge in [-0.1, -0.05) is 0 Å². The topological polar surface area (TPSA) is 70.6 Å². The Morgan fingerprint density at radius 1 is 1.07 bits per heavy atom. The van der Waals surface area contributed by atoms with Crippen molar-refractivity contribution >= 4 is 11.7 Å². The average molecular weight is 374 g/mol. The van der Waals surface area contributed by atoms with Crippen LogP contribution in [0.3, 0.4) is 0 Å². The lowest BCUT2D eigenvalue weighted by Gasteiger charge is -2.39. The van der Waals surface area contributed by atoms with E-state index >= 15 is 0 Å². The third-order valence-electron chi connectivity index (χ3n) is 6.25. The molecule has 4 rings (SSSR count). The van der Waals surface area contributed by atoms with Gasteiger partial charge in [0.1, 0.15) is 5.82 Å². The Balaban J connectivity index is 1.24. The van der Waals surface area contributed by atoms with Crippen molar-refractivity contribution in [3.8, 4) is 0 Å². The van der Waals surface area contributed by atoms with Crippen molar-refractivity contribution in [3.05, 3.63) is 18.6 Å². The smallest absolute Gasteiger partial charge is 0.223 e. The molecule has 3 aliphatic rings. The molecule has 0 radical (unpaired) electrons. The summed E-state index contributed by atoms with van der Waals surface area (Å²) in [6.07, 6.45) is 11.6.